The Balaban J connectivity index is 1.82. The van der Waals surface area contributed by atoms with Crippen molar-refractivity contribution in [3.05, 3.63) is 60.2 Å². The molecule has 0 N–H and O–H groups in total. The van der Waals surface area contributed by atoms with Gasteiger partial charge in [0.2, 0.25) is 11.8 Å². The Hall–Kier alpha value is -2.95. The Morgan fingerprint density at radius 1 is 0.808 bits per heavy atom. The zero-order chi connectivity index (χ0) is 18.7. The van der Waals surface area contributed by atoms with Gasteiger partial charge in [-0.3, -0.25) is 4.79 Å². The first kappa shape index (κ1) is 17.9. The maximum absolute atomic E-state index is 12.7. The molecule has 1 heterocycles. The predicted molar refractivity (Wildman–Crippen MR) is 102 cm³/mol. The van der Waals surface area contributed by atoms with Crippen molar-refractivity contribution < 1.29 is 9.21 Å². The minimum atomic E-state index is 0.0250. The highest BCUT2D eigenvalue weighted by molar-refractivity contribution is 5.95. The normalized spacial score (nSPS) is 11.2. The summed E-state index contributed by atoms with van der Waals surface area (Å²) in [5.74, 6) is 0.941. The Kier molecular flexibility index (Phi) is 5.16. The molecule has 26 heavy (non-hydrogen) atoms. The maximum atomic E-state index is 12.7. The third kappa shape index (κ3) is 3.67. The minimum absolute atomic E-state index is 0.0250. The van der Waals surface area contributed by atoms with Crippen molar-refractivity contribution >= 4 is 5.91 Å². The molecule has 0 radical (unpaired) electrons. The average molecular weight is 349 g/mol. The first-order chi connectivity index (χ1) is 12.5. The van der Waals surface area contributed by atoms with Crippen molar-refractivity contribution in [1.29, 1.82) is 0 Å². The Labute approximate surface area is 153 Å². The quantitative estimate of drug-likeness (QED) is 0.672. The topological polar surface area (TPSA) is 59.2 Å². The van der Waals surface area contributed by atoms with Crippen molar-refractivity contribution in [2.75, 3.05) is 0 Å². The van der Waals surface area contributed by atoms with Crippen LogP contribution in [0.5, 0.6) is 0 Å². The van der Waals surface area contributed by atoms with E-state index in [2.05, 4.69) is 10.2 Å². The second-order valence-electron chi connectivity index (χ2n) is 6.76. The number of carbonyl (C=O) groups is 1. The summed E-state index contributed by atoms with van der Waals surface area (Å²) in [6, 6.07) is 17.2. The fraction of sp³-hybridized carbons (Fsp3) is 0.286. The van der Waals surface area contributed by atoms with E-state index in [0.29, 0.717) is 17.3 Å². The molecule has 3 aromatic rings. The highest BCUT2D eigenvalue weighted by Gasteiger charge is 2.21. The number of hydrogen-bond acceptors (Lipinski definition) is 4. The molecule has 0 saturated heterocycles. The maximum Gasteiger partial charge on any atom is 0.254 e. The van der Waals surface area contributed by atoms with Gasteiger partial charge in [0.25, 0.3) is 5.91 Å². The first-order valence-corrected chi connectivity index (χ1v) is 8.79. The van der Waals surface area contributed by atoms with E-state index >= 15 is 0 Å². The van der Waals surface area contributed by atoms with Crippen LogP contribution in [0.4, 0.5) is 0 Å². The highest BCUT2D eigenvalue weighted by Crippen LogP contribution is 2.24. The molecule has 1 amide bonds. The standard InChI is InChI=1S/C21H23N3O2/c1-14(2)24(15(3)4)21(25)18-12-10-17(11-13-18)20-23-22-19(26-20)16-8-6-5-7-9-16/h5-15H,1-4H3. The monoisotopic (exact) mass is 349 g/mol. The molecule has 3 rings (SSSR count). The van der Waals surface area contributed by atoms with E-state index in [1.807, 2.05) is 87.2 Å². The van der Waals surface area contributed by atoms with Gasteiger partial charge in [0, 0.05) is 28.8 Å². The summed E-state index contributed by atoms with van der Waals surface area (Å²) >= 11 is 0. The van der Waals surface area contributed by atoms with Crippen LogP contribution in [0.25, 0.3) is 22.9 Å². The number of hydrogen-bond donors (Lipinski definition) is 0. The summed E-state index contributed by atoms with van der Waals surface area (Å²) in [4.78, 5) is 14.6. The molecule has 134 valence electrons. The van der Waals surface area contributed by atoms with E-state index in [1.165, 1.54) is 0 Å². The lowest BCUT2D eigenvalue weighted by molar-refractivity contribution is 0.0643. The number of aromatic nitrogens is 2. The Bertz CT molecular complexity index is 860. The number of carbonyl (C=O) groups excluding carboxylic acids is 1. The molecular weight excluding hydrogens is 326 g/mol. The molecule has 0 saturated carbocycles. The third-order valence-electron chi connectivity index (χ3n) is 4.17. The minimum Gasteiger partial charge on any atom is -0.416 e. The van der Waals surface area contributed by atoms with Crippen LogP contribution < -0.4 is 0 Å². The van der Waals surface area contributed by atoms with Crippen molar-refractivity contribution in [1.82, 2.24) is 15.1 Å². The zero-order valence-corrected chi connectivity index (χ0v) is 15.5. The molecule has 0 aliphatic carbocycles. The van der Waals surface area contributed by atoms with Gasteiger partial charge in [-0.15, -0.1) is 10.2 Å². The van der Waals surface area contributed by atoms with E-state index in [0.717, 1.165) is 11.1 Å². The number of benzene rings is 2. The van der Waals surface area contributed by atoms with Gasteiger partial charge < -0.3 is 9.32 Å². The summed E-state index contributed by atoms with van der Waals surface area (Å²) in [5, 5.41) is 8.22. The van der Waals surface area contributed by atoms with Crippen molar-refractivity contribution in [2.24, 2.45) is 0 Å². The van der Waals surface area contributed by atoms with E-state index < -0.39 is 0 Å². The van der Waals surface area contributed by atoms with Crippen LogP contribution in [-0.2, 0) is 0 Å². The van der Waals surface area contributed by atoms with Crippen LogP contribution in [0.2, 0.25) is 0 Å². The molecule has 0 fully saturated rings. The number of nitrogens with zero attached hydrogens (tertiary/aromatic N) is 3. The first-order valence-electron chi connectivity index (χ1n) is 8.79. The fourth-order valence-electron chi connectivity index (χ4n) is 3.01. The predicted octanol–water partition coefficient (Wildman–Crippen LogP) is 4.66. The van der Waals surface area contributed by atoms with Gasteiger partial charge >= 0.3 is 0 Å². The average Bonchev–Trinajstić information content (AvgIpc) is 3.12. The summed E-state index contributed by atoms with van der Waals surface area (Å²) < 4.78 is 5.76. The van der Waals surface area contributed by atoms with Crippen LogP contribution in [-0.4, -0.2) is 33.1 Å². The van der Waals surface area contributed by atoms with E-state index in [4.69, 9.17) is 4.42 Å². The molecule has 0 bridgehead atoms. The zero-order valence-electron chi connectivity index (χ0n) is 15.5. The lowest BCUT2D eigenvalue weighted by Gasteiger charge is -2.30. The molecule has 0 aliphatic heterocycles. The smallest absolute Gasteiger partial charge is 0.254 e. The fourth-order valence-corrected chi connectivity index (χ4v) is 3.01. The van der Waals surface area contributed by atoms with E-state index in [9.17, 15) is 4.79 Å². The van der Waals surface area contributed by atoms with Gasteiger partial charge in [0.05, 0.1) is 0 Å². The lowest BCUT2D eigenvalue weighted by atomic mass is 10.1. The van der Waals surface area contributed by atoms with Crippen molar-refractivity contribution in [3.8, 4) is 22.9 Å². The van der Waals surface area contributed by atoms with Crippen LogP contribution in [0, 0.1) is 0 Å². The van der Waals surface area contributed by atoms with Gasteiger partial charge in [-0.2, -0.15) is 0 Å². The summed E-state index contributed by atoms with van der Waals surface area (Å²) in [5.41, 5.74) is 2.32. The second-order valence-corrected chi connectivity index (χ2v) is 6.76. The molecule has 0 atom stereocenters. The number of rotatable bonds is 5. The van der Waals surface area contributed by atoms with Gasteiger partial charge in [0.1, 0.15) is 0 Å². The van der Waals surface area contributed by atoms with Crippen molar-refractivity contribution in [3.63, 3.8) is 0 Å². The third-order valence-corrected chi connectivity index (χ3v) is 4.17. The van der Waals surface area contributed by atoms with Gasteiger partial charge in [0.15, 0.2) is 0 Å². The van der Waals surface area contributed by atoms with Crippen molar-refractivity contribution in [2.45, 2.75) is 39.8 Å². The Morgan fingerprint density at radius 2 is 1.31 bits per heavy atom. The molecule has 0 spiro atoms. The van der Waals surface area contributed by atoms with Gasteiger partial charge in [-0.25, -0.2) is 0 Å². The summed E-state index contributed by atoms with van der Waals surface area (Å²) in [7, 11) is 0. The van der Waals surface area contributed by atoms with E-state index in [-0.39, 0.29) is 18.0 Å². The van der Waals surface area contributed by atoms with Crippen LogP contribution in [0.15, 0.2) is 59.0 Å². The van der Waals surface area contributed by atoms with Crippen LogP contribution >= 0.6 is 0 Å². The molecule has 2 aromatic carbocycles. The SMILES string of the molecule is CC(C)N(C(=O)c1ccc(-c2nnc(-c3ccccc3)o2)cc1)C(C)C. The number of amides is 1. The van der Waals surface area contributed by atoms with Gasteiger partial charge in [-0.05, 0) is 64.1 Å². The lowest BCUT2D eigenvalue weighted by Crippen LogP contribution is -2.42. The summed E-state index contributed by atoms with van der Waals surface area (Å²) in [6.45, 7) is 8.09. The Morgan fingerprint density at radius 3 is 1.81 bits per heavy atom. The summed E-state index contributed by atoms with van der Waals surface area (Å²) in [6.07, 6.45) is 0. The molecule has 0 unspecified atom stereocenters. The highest BCUT2D eigenvalue weighted by atomic mass is 16.4. The van der Waals surface area contributed by atoms with Crippen LogP contribution in [0.1, 0.15) is 38.1 Å². The second kappa shape index (κ2) is 7.52. The van der Waals surface area contributed by atoms with Gasteiger partial charge in [-0.1, -0.05) is 18.2 Å². The van der Waals surface area contributed by atoms with E-state index in [1.54, 1.807) is 0 Å². The molecule has 5 nitrogen and oxygen atoms in total. The van der Waals surface area contributed by atoms with Crippen LogP contribution in [0.3, 0.4) is 0 Å². The molecular formula is C21H23N3O2. The molecule has 0 aliphatic rings. The molecule has 5 heteroatoms. The largest absolute Gasteiger partial charge is 0.416 e. The molecule has 1 aromatic heterocycles.